The van der Waals surface area contributed by atoms with E-state index in [1.807, 2.05) is 0 Å². The average molecular weight is 360 g/mol. The standard InChI is InChI=1S/C17H23F3N2O3/c18-17(19,20)12-5-4-6-14(9-12)25-11-13(23)10-22-15(24)16(21)7-2-1-3-8-16/h4-6,9,13,23H,1-3,7-8,10-11,21H2,(H,22,24). The fourth-order valence-electron chi connectivity index (χ4n) is 2.81. The van der Waals surface area contributed by atoms with Crippen LogP contribution in [-0.2, 0) is 11.0 Å². The number of rotatable bonds is 6. The second-order valence-corrected chi connectivity index (χ2v) is 6.42. The van der Waals surface area contributed by atoms with Crippen LogP contribution in [0.4, 0.5) is 13.2 Å². The van der Waals surface area contributed by atoms with Crippen molar-refractivity contribution in [2.24, 2.45) is 5.73 Å². The highest BCUT2D eigenvalue weighted by atomic mass is 19.4. The van der Waals surface area contributed by atoms with Crippen molar-refractivity contribution in [2.45, 2.75) is 49.9 Å². The summed E-state index contributed by atoms with van der Waals surface area (Å²) in [6.07, 6.45) is -1.45. The van der Waals surface area contributed by atoms with Gasteiger partial charge in [0, 0.05) is 6.54 Å². The number of hydrogen-bond acceptors (Lipinski definition) is 4. The molecule has 1 aliphatic rings. The number of aliphatic hydroxyl groups is 1. The van der Waals surface area contributed by atoms with Crippen LogP contribution < -0.4 is 15.8 Å². The van der Waals surface area contributed by atoms with Crippen LogP contribution in [0.15, 0.2) is 24.3 Å². The van der Waals surface area contributed by atoms with Gasteiger partial charge in [-0.1, -0.05) is 25.3 Å². The van der Waals surface area contributed by atoms with E-state index in [2.05, 4.69) is 5.32 Å². The Bertz CT molecular complexity index is 587. The third kappa shape index (κ3) is 5.61. The predicted octanol–water partition coefficient (Wildman–Crippen LogP) is 2.22. The minimum Gasteiger partial charge on any atom is -0.491 e. The van der Waals surface area contributed by atoms with Gasteiger partial charge in [0.2, 0.25) is 5.91 Å². The zero-order valence-corrected chi connectivity index (χ0v) is 13.8. The molecule has 1 amide bonds. The van der Waals surface area contributed by atoms with E-state index in [-0.39, 0.29) is 24.8 Å². The first-order valence-corrected chi connectivity index (χ1v) is 8.26. The van der Waals surface area contributed by atoms with Crippen molar-refractivity contribution >= 4 is 5.91 Å². The predicted molar refractivity (Wildman–Crippen MR) is 86.0 cm³/mol. The van der Waals surface area contributed by atoms with Crippen molar-refractivity contribution in [3.05, 3.63) is 29.8 Å². The number of carbonyl (C=O) groups is 1. The lowest BCUT2D eigenvalue weighted by atomic mass is 9.82. The number of hydrogen-bond donors (Lipinski definition) is 3. The smallest absolute Gasteiger partial charge is 0.416 e. The number of alkyl halides is 3. The zero-order chi connectivity index (χ0) is 18.5. The maximum absolute atomic E-state index is 12.6. The van der Waals surface area contributed by atoms with Crippen LogP contribution in [0, 0.1) is 0 Å². The summed E-state index contributed by atoms with van der Waals surface area (Å²) < 4.78 is 43.0. The first kappa shape index (κ1) is 19.5. The molecule has 25 heavy (non-hydrogen) atoms. The van der Waals surface area contributed by atoms with E-state index in [9.17, 15) is 23.1 Å². The Labute approximate surface area is 144 Å². The Kier molecular flexibility index (Phi) is 6.29. The third-order valence-electron chi connectivity index (χ3n) is 4.30. The summed E-state index contributed by atoms with van der Waals surface area (Å²) >= 11 is 0. The molecule has 1 aliphatic carbocycles. The van der Waals surface area contributed by atoms with Gasteiger partial charge in [-0.3, -0.25) is 4.79 Å². The molecule has 1 fully saturated rings. The van der Waals surface area contributed by atoms with Crippen LogP contribution in [0.3, 0.4) is 0 Å². The summed E-state index contributed by atoms with van der Waals surface area (Å²) in [6, 6.07) is 4.40. The van der Waals surface area contributed by atoms with Crippen molar-refractivity contribution in [1.29, 1.82) is 0 Å². The summed E-state index contributed by atoms with van der Waals surface area (Å²) in [5.74, 6) is -0.312. The van der Waals surface area contributed by atoms with Crippen LogP contribution in [0.1, 0.15) is 37.7 Å². The molecule has 1 aromatic rings. The Morgan fingerprint density at radius 1 is 1.32 bits per heavy atom. The van der Waals surface area contributed by atoms with E-state index in [0.717, 1.165) is 31.4 Å². The Hall–Kier alpha value is -1.80. The van der Waals surface area contributed by atoms with E-state index in [0.29, 0.717) is 12.8 Å². The van der Waals surface area contributed by atoms with E-state index >= 15 is 0 Å². The van der Waals surface area contributed by atoms with Crippen LogP contribution in [0.5, 0.6) is 5.75 Å². The highest BCUT2D eigenvalue weighted by molar-refractivity contribution is 5.86. The molecule has 0 radical (unpaired) electrons. The molecule has 1 aromatic carbocycles. The molecule has 1 unspecified atom stereocenters. The number of benzene rings is 1. The second-order valence-electron chi connectivity index (χ2n) is 6.42. The van der Waals surface area contributed by atoms with Crippen molar-refractivity contribution < 1.29 is 27.8 Å². The maximum Gasteiger partial charge on any atom is 0.416 e. The first-order chi connectivity index (χ1) is 11.7. The number of halogens is 3. The van der Waals surface area contributed by atoms with Crippen molar-refractivity contribution in [1.82, 2.24) is 5.32 Å². The van der Waals surface area contributed by atoms with Crippen molar-refractivity contribution in [2.75, 3.05) is 13.2 Å². The van der Waals surface area contributed by atoms with Gasteiger partial charge in [0.1, 0.15) is 18.5 Å². The number of nitrogens with two attached hydrogens (primary N) is 1. The minimum atomic E-state index is -4.46. The van der Waals surface area contributed by atoms with Gasteiger partial charge < -0.3 is 20.9 Å². The lowest BCUT2D eigenvalue weighted by Crippen LogP contribution is -2.56. The van der Waals surface area contributed by atoms with Gasteiger partial charge in [0.15, 0.2) is 0 Å². The Balaban J connectivity index is 1.79. The van der Waals surface area contributed by atoms with Gasteiger partial charge in [-0.2, -0.15) is 13.2 Å². The normalized spacial score (nSPS) is 18.4. The number of aliphatic hydroxyl groups excluding tert-OH is 1. The van der Waals surface area contributed by atoms with Gasteiger partial charge in [-0.15, -0.1) is 0 Å². The van der Waals surface area contributed by atoms with E-state index in [4.69, 9.17) is 10.5 Å². The molecule has 0 spiro atoms. The molecular weight excluding hydrogens is 337 g/mol. The minimum absolute atomic E-state index is 0.00257. The molecule has 2 rings (SSSR count). The molecule has 1 saturated carbocycles. The summed E-state index contributed by atoms with van der Waals surface area (Å²) in [4.78, 5) is 12.1. The summed E-state index contributed by atoms with van der Waals surface area (Å²) in [5.41, 5.74) is 4.35. The molecule has 0 aromatic heterocycles. The Morgan fingerprint density at radius 3 is 2.64 bits per heavy atom. The summed E-state index contributed by atoms with van der Waals surface area (Å²) in [6.45, 7) is -0.310. The number of amides is 1. The maximum atomic E-state index is 12.6. The monoisotopic (exact) mass is 360 g/mol. The molecule has 0 bridgehead atoms. The molecule has 0 heterocycles. The first-order valence-electron chi connectivity index (χ1n) is 8.26. The van der Waals surface area contributed by atoms with Gasteiger partial charge in [-0.25, -0.2) is 0 Å². The van der Waals surface area contributed by atoms with Crippen molar-refractivity contribution in [3.63, 3.8) is 0 Å². The topological polar surface area (TPSA) is 84.6 Å². The molecule has 0 saturated heterocycles. The molecular formula is C17H23F3N2O3. The number of nitrogens with one attached hydrogen (secondary N) is 1. The second kappa shape index (κ2) is 8.05. The van der Waals surface area contributed by atoms with E-state index in [1.165, 1.54) is 12.1 Å². The van der Waals surface area contributed by atoms with Crippen LogP contribution in [0.2, 0.25) is 0 Å². The molecule has 0 aliphatic heterocycles. The zero-order valence-electron chi connectivity index (χ0n) is 13.8. The van der Waals surface area contributed by atoms with E-state index < -0.39 is 23.4 Å². The quantitative estimate of drug-likeness (QED) is 0.726. The van der Waals surface area contributed by atoms with Gasteiger partial charge in [0.05, 0.1) is 11.1 Å². The fourth-order valence-corrected chi connectivity index (χ4v) is 2.81. The summed E-state index contributed by atoms with van der Waals surface area (Å²) in [7, 11) is 0. The fraction of sp³-hybridized carbons (Fsp3) is 0.588. The highest BCUT2D eigenvalue weighted by Crippen LogP contribution is 2.31. The van der Waals surface area contributed by atoms with Gasteiger partial charge >= 0.3 is 6.18 Å². The van der Waals surface area contributed by atoms with Crippen molar-refractivity contribution in [3.8, 4) is 5.75 Å². The largest absolute Gasteiger partial charge is 0.491 e. The Morgan fingerprint density at radius 2 is 2.00 bits per heavy atom. The lowest BCUT2D eigenvalue weighted by molar-refractivity contribution is -0.137. The lowest BCUT2D eigenvalue weighted by Gasteiger charge is -2.32. The van der Waals surface area contributed by atoms with Crippen LogP contribution >= 0.6 is 0 Å². The van der Waals surface area contributed by atoms with Gasteiger partial charge in [-0.05, 0) is 31.0 Å². The summed E-state index contributed by atoms with van der Waals surface area (Å²) in [5, 5.41) is 12.5. The van der Waals surface area contributed by atoms with Crippen LogP contribution in [-0.4, -0.2) is 35.8 Å². The molecule has 5 nitrogen and oxygen atoms in total. The SMILES string of the molecule is NC1(C(=O)NCC(O)COc2cccc(C(F)(F)F)c2)CCCCC1. The molecule has 4 N–H and O–H groups in total. The van der Waals surface area contributed by atoms with E-state index in [1.54, 1.807) is 0 Å². The molecule has 140 valence electrons. The molecule has 1 atom stereocenters. The third-order valence-corrected chi connectivity index (χ3v) is 4.30. The number of ether oxygens (including phenoxy) is 1. The molecule has 8 heteroatoms. The van der Waals surface area contributed by atoms with Crippen LogP contribution in [0.25, 0.3) is 0 Å². The van der Waals surface area contributed by atoms with Gasteiger partial charge in [0.25, 0.3) is 0 Å². The average Bonchev–Trinajstić information content (AvgIpc) is 2.58. The highest BCUT2D eigenvalue weighted by Gasteiger charge is 2.35. The number of carbonyl (C=O) groups excluding carboxylic acids is 1.